The van der Waals surface area contributed by atoms with E-state index in [4.69, 9.17) is 38.7 Å². The SMILES string of the molecule is CC(C)(O)C(C)(C)O.CCc1cnn(C)c1-c1cc(C(=O)O)nc(C)n1.CCc1cnn(C)c1-c1cc(C(=O)OC)nc(C)n1.CO.COC(=O)c1cc(Br)nc(C)n1.[B]C(=NC)C(=CN)CC.[Na+].[OH-]. The number of aliphatic imine (C=N–C) groups is 1. The fourth-order valence-electron chi connectivity index (χ4n) is 5.11. The number of ether oxygens (including phenoxy) is 2. The summed E-state index contributed by atoms with van der Waals surface area (Å²) < 4.78 is 13.2. The van der Waals surface area contributed by atoms with Crippen molar-refractivity contribution in [3.63, 3.8) is 0 Å². The van der Waals surface area contributed by atoms with Crippen LogP contribution >= 0.6 is 15.9 Å². The number of allylic oxidation sites excluding steroid dienone is 1. The number of carbonyl (C=O) groups excluding carboxylic acids is 2. The third kappa shape index (κ3) is 22.2. The summed E-state index contributed by atoms with van der Waals surface area (Å²) in [6.45, 7) is 17.5. The zero-order valence-corrected chi connectivity index (χ0v) is 46.9. The van der Waals surface area contributed by atoms with E-state index in [0.717, 1.165) is 54.5 Å². The number of carbonyl (C=O) groups is 3. The quantitative estimate of drug-likeness (QED) is 0.0575. The predicted molar refractivity (Wildman–Crippen MR) is 265 cm³/mol. The molecule has 5 aromatic heterocycles. The van der Waals surface area contributed by atoms with Crippen LogP contribution in [0.1, 0.15) is 115 Å². The molecular weight excluding hydrogens is 982 g/mol. The second-order valence-corrected chi connectivity index (χ2v) is 15.9. The zero-order valence-electron chi connectivity index (χ0n) is 43.3. The molecule has 70 heavy (non-hydrogen) atoms. The van der Waals surface area contributed by atoms with Crippen molar-refractivity contribution >= 4 is 47.3 Å². The van der Waals surface area contributed by atoms with Crippen molar-refractivity contribution in [2.24, 2.45) is 24.8 Å². The molecule has 5 aromatic rings. The number of aromatic nitrogens is 10. The average molecular weight is 1050 g/mol. The van der Waals surface area contributed by atoms with Crippen LogP contribution in [-0.4, -0.2) is 146 Å². The van der Waals surface area contributed by atoms with Gasteiger partial charge in [0.1, 0.15) is 29.9 Å². The maximum absolute atomic E-state index is 11.6. The molecule has 5 heterocycles. The minimum absolute atomic E-state index is 0. The number of methoxy groups -OCH3 is 2. The molecule has 0 aromatic carbocycles. The summed E-state index contributed by atoms with van der Waals surface area (Å²) in [6, 6.07) is 4.62. The van der Waals surface area contributed by atoms with Crippen LogP contribution in [0.4, 0.5) is 0 Å². The van der Waals surface area contributed by atoms with E-state index in [0.29, 0.717) is 39.1 Å². The standard InChI is InChI=1S/C13H16N4O2.C12H14N4O2.C7H7BrN2O2.C6H11BN2.C6H14O2.CH4O.Na.H2O/c1-5-9-7-14-17(3)12(9)10-6-11(13(18)19-4)16-8(2)15-10;1-4-8-6-13-16(3)11(8)9-5-10(12(17)18)15-7(2)14-9;1-4-9-5(7(11)12-2)3-6(8)10-4;1-3-5(4-8)6(7)9-2;1-5(2,7)6(3,4)8;1-2;;/h6-7H,5H2,1-4H3;5-6H,4H2,1-3H3,(H,17,18);3H,1-2H3;4H,3,8H2,1-2H3;7-8H,1-4H3;2H,1H3;;1H2/q;;;;;;+1;/p-1. The number of esters is 2. The number of halogens is 1. The van der Waals surface area contributed by atoms with Crippen molar-refractivity contribution < 1.29 is 79.3 Å². The van der Waals surface area contributed by atoms with Gasteiger partial charge in [0.05, 0.1) is 60.6 Å². The maximum atomic E-state index is 11.6. The minimum atomic E-state index is -1.05. The molecule has 378 valence electrons. The van der Waals surface area contributed by atoms with Gasteiger partial charge < -0.3 is 46.1 Å². The smallest absolute Gasteiger partial charge is 0.870 e. The molecular formula is C45H67BBrN12NaO10. The number of hydrogen-bond acceptors (Lipinski definition) is 19. The maximum Gasteiger partial charge on any atom is 1.00 e. The predicted octanol–water partition coefficient (Wildman–Crippen LogP) is 1.71. The van der Waals surface area contributed by atoms with Crippen molar-refractivity contribution in [2.75, 3.05) is 28.4 Å². The Morgan fingerprint density at radius 1 is 0.743 bits per heavy atom. The Bertz CT molecular complexity index is 2460. The summed E-state index contributed by atoms with van der Waals surface area (Å²) in [4.78, 5) is 61.8. The second-order valence-electron chi connectivity index (χ2n) is 15.0. The Morgan fingerprint density at radius 3 is 1.39 bits per heavy atom. The van der Waals surface area contributed by atoms with Gasteiger partial charge >= 0.3 is 47.5 Å². The molecule has 0 spiro atoms. The van der Waals surface area contributed by atoms with Crippen LogP contribution in [0.5, 0.6) is 0 Å². The number of nitrogens with two attached hydrogens (primary N) is 1. The normalized spacial score (nSPS) is 10.7. The molecule has 5 rings (SSSR count). The first-order valence-electron chi connectivity index (χ1n) is 20.9. The second kappa shape index (κ2) is 33.3. The van der Waals surface area contributed by atoms with Gasteiger partial charge in [0.15, 0.2) is 17.1 Å². The van der Waals surface area contributed by atoms with Gasteiger partial charge in [-0.15, -0.1) is 0 Å². The van der Waals surface area contributed by atoms with Gasteiger partial charge in [0.2, 0.25) is 0 Å². The van der Waals surface area contributed by atoms with Crippen molar-refractivity contribution in [3.8, 4) is 22.8 Å². The van der Waals surface area contributed by atoms with Crippen molar-refractivity contribution in [1.29, 1.82) is 0 Å². The van der Waals surface area contributed by atoms with E-state index in [1.807, 2.05) is 34.1 Å². The fraction of sp³-hybridized carbons (Fsp3) is 0.467. The molecule has 0 aliphatic rings. The summed E-state index contributed by atoms with van der Waals surface area (Å²) in [5, 5.41) is 42.6. The molecule has 0 unspecified atom stereocenters. The largest absolute Gasteiger partial charge is 1.00 e. The summed E-state index contributed by atoms with van der Waals surface area (Å²) in [5.41, 5.74) is 10.3. The number of aliphatic hydroxyl groups excluding tert-OH is 1. The Morgan fingerprint density at radius 2 is 1.10 bits per heavy atom. The van der Waals surface area contributed by atoms with Crippen molar-refractivity contribution in [2.45, 2.75) is 99.7 Å². The van der Waals surface area contributed by atoms with E-state index in [9.17, 15) is 14.4 Å². The van der Waals surface area contributed by atoms with Crippen LogP contribution < -0.4 is 35.3 Å². The Balaban J connectivity index is -0.000000820. The number of nitrogens with zero attached hydrogens (tertiary/aromatic N) is 11. The van der Waals surface area contributed by atoms with Crippen molar-refractivity contribution in [1.82, 2.24) is 49.5 Å². The van der Waals surface area contributed by atoms with Gasteiger partial charge in [-0.3, -0.25) is 9.36 Å². The van der Waals surface area contributed by atoms with Crippen LogP contribution in [0.25, 0.3) is 22.8 Å². The summed E-state index contributed by atoms with van der Waals surface area (Å²) in [6.07, 6.45) is 7.56. The van der Waals surface area contributed by atoms with Crippen LogP contribution in [0.15, 0.2) is 52.0 Å². The molecule has 0 fully saturated rings. The van der Waals surface area contributed by atoms with Crippen molar-refractivity contribution in [3.05, 3.63) is 92.7 Å². The third-order valence-corrected chi connectivity index (χ3v) is 9.82. The van der Waals surface area contributed by atoms with E-state index in [1.165, 1.54) is 32.6 Å². The first kappa shape index (κ1) is 68.9. The van der Waals surface area contributed by atoms with Gasteiger partial charge in [-0.1, -0.05) is 20.8 Å². The van der Waals surface area contributed by atoms with Gasteiger partial charge in [-0.05, 0) is 124 Å². The summed E-state index contributed by atoms with van der Waals surface area (Å²) in [7, 11) is 14.4. The van der Waals surface area contributed by atoms with Crippen LogP contribution in [0, 0.1) is 20.8 Å². The number of aliphatic hydroxyl groups is 3. The number of carboxylic acids is 1. The third-order valence-electron chi connectivity index (χ3n) is 9.42. The molecule has 0 aliphatic carbocycles. The fourth-order valence-corrected chi connectivity index (χ4v) is 5.58. The number of hydrogen-bond donors (Lipinski definition) is 5. The molecule has 0 saturated carbocycles. The first-order chi connectivity index (χ1) is 31.7. The zero-order chi connectivity index (χ0) is 52.7. The molecule has 2 radical (unpaired) electrons. The van der Waals surface area contributed by atoms with Crippen LogP contribution in [-0.2, 0) is 36.4 Å². The van der Waals surface area contributed by atoms with Gasteiger partial charge in [-0.2, -0.15) is 10.2 Å². The summed E-state index contributed by atoms with van der Waals surface area (Å²) in [5.74, 6) is -0.478. The van der Waals surface area contributed by atoms with Crippen LogP contribution in [0.2, 0.25) is 0 Å². The number of aromatic carboxylic acids is 1. The Labute approximate surface area is 441 Å². The number of rotatable bonds is 10. The molecule has 7 N–H and O–H groups in total. The Hall–Kier alpha value is -5.34. The average Bonchev–Trinajstić information content (AvgIpc) is 3.87. The van der Waals surface area contributed by atoms with E-state index < -0.39 is 29.1 Å². The van der Waals surface area contributed by atoms with Gasteiger partial charge in [0.25, 0.3) is 0 Å². The molecule has 0 aliphatic heterocycles. The van der Waals surface area contributed by atoms with E-state index in [1.54, 1.807) is 77.1 Å². The van der Waals surface area contributed by atoms with E-state index >= 15 is 0 Å². The van der Waals surface area contributed by atoms with Crippen LogP contribution in [0.3, 0.4) is 0 Å². The number of carboxylic acid groups (broad SMARTS) is 1. The molecule has 0 saturated heterocycles. The number of aryl methyl sites for hydroxylation is 7. The van der Waals surface area contributed by atoms with Gasteiger partial charge in [0, 0.05) is 34.3 Å². The monoisotopic (exact) mass is 1050 g/mol. The summed E-state index contributed by atoms with van der Waals surface area (Å²) >= 11 is 3.15. The minimum Gasteiger partial charge on any atom is -0.870 e. The van der Waals surface area contributed by atoms with E-state index in [2.05, 4.69) is 72.7 Å². The molecule has 0 atom stereocenters. The molecule has 0 bridgehead atoms. The topological polar surface area (TPSA) is 332 Å². The molecule has 25 heteroatoms. The Kier molecular flexibility index (Phi) is 32.8. The first-order valence-corrected chi connectivity index (χ1v) is 21.7. The molecule has 0 amide bonds. The van der Waals surface area contributed by atoms with Gasteiger partial charge in [-0.25, -0.2) is 44.3 Å². The van der Waals surface area contributed by atoms with E-state index in [-0.39, 0.29) is 52.1 Å². The molecule has 22 nitrogen and oxygen atoms in total.